The SMILES string of the molecule is COc1ccc(Cl)cc1-n1c(C)cc(C(=O)O[C@@H](C)C(=O)N2CCN(C(=O)c3ccco3)CC2)c1C. The standard InChI is InChI=1S/C26H28ClN3O6/c1-16-14-20(17(2)30(16)21-15-19(27)7-8-22(21)34-4)26(33)36-18(3)24(31)28-9-11-29(12-10-28)25(32)23-6-5-13-35-23/h5-8,13-15,18H,9-12H2,1-4H3/t18-/m0/s1. The van der Waals surface area contributed by atoms with Crippen molar-refractivity contribution >= 4 is 29.4 Å². The zero-order valence-electron chi connectivity index (χ0n) is 20.6. The van der Waals surface area contributed by atoms with Gasteiger partial charge in [0, 0.05) is 42.6 Å². The molecule has 4 rings (SSSR count). The van der Waals surface area contributed by atoms with Crippen molar-refractivity contribution < 1.29 is 28.3 Å². The molecular weight excluding hydrogens is 486 g/mol. The summed E-state index contributed by atoms with van der Waals surface area (Å²) in [5, 5.41) is 0.535. The monoisotopic (exact) mass is 513 g/mol. The molecule has 9 nitrogen and oxygen atoms in total. The Morgan fingerprint density at radius 1 is 1.03 bits per heavy atom. The van der Waals surface area contributed by atoms with Crippen LogP contribution >= 0.6 is 11.6 Å². The molecule has 0 aliphatic carbocycles. The molecule has 0 unspecified atom stereocenters. The van der Waals surface area contributed by atoms with Crippen LogP contribution in [0, 0.1) is 13.8 Å². The van der Waals surface area contributed by atoms with Crippen molar-refractivity contribution in [2.24, 2.45) is 0 Å². The zero-order valence-corrected chi connectivity index (χ0v) is 21.4. The van der Waals surface area contributed by atoms with Crippen molar-refractivity contribution in [3.63, 3.8) is 0 Å². The van der Waals surface area contributed by atoms with E-state index in [-0.39, 0.29) is 17.6 Å². The highest BCUT2D eigenvalue weighted by Crippen LogP contribution is 2.31. The maximum Gasteiger partial charge on any atom is 0.340 e. The lowest BCUT2D eigenvalue weighted by Crippen LogP contribution is -2.53. The fourth-order valence-electron chi connectivity index (χ4n) is 4.40. The average Bonchev–Trinajstić information content (AvgIpc) is 3.51. The molecule has 0 N–H and O–H groups in total. The Hall–Kier alpha value is -3.72. The van der Waals surface area contributed by atoms with Crippen molar-refractivity contribution in [3.8, 4) is 11.4 Å². The molecule has 3 aromatic rings. The van der Waals surface area contributed by atoms with E-state index in [0.717, 1.165) is 5.69 Å². The number of rotatable bonds is 6. The summed E-state index contributed by atoms with van der Waals surface area (Å²) in [6.45, 7) is 6.64. The van der Waals surface area contributed by atoms with Crippen LogP contribution in [0.4, 0.5) is 0 Å². The first kappa shape index (κ1) is 25.4. The molecule has 1 saturated heterocycles. The Morgan fingerprint density at radius 3 is 2.36 bits per heavy atom. The van der Waals surface area contributed by atoms with Crippen LogP contribution in [-0.2, 0) is 9.53 Å². The van der Waals surface area contributed by atoms with Crippen LogP contribution in [0.25, 0.3) is 5.69 Å². The van der Waals surface area contributed by atoms with E-state index >= 15 is 0 Å². The molecule has 2 aromatic heterocycles. The topological polar surface area (TPSA) is 94.2 Å². The average molecular weight is 514 g/mol. The number of aromatic nitrogens is 1. The molecule has 10 heteroatoms. The quantitative estimate of drug-likeness (QED) is 0.464. The summed E-state index contributed by atoms with van der Waals surface area (Å²) in [7, 11) is 1.57. The number of benzene rings is 1. The fourth-order valence-corrected chi connectivity index (χ4v) is 4.56. The van der Waals surface area contributed by atoms with E-state index in [2.05, 4.69) is 0 Å². The van der Waals surface area contributed by atoms with Crippen LogP contribution in [-0.4, -0.2) is 71.5 Å². The van der Waals surface area contributed by atoms with Crippen LogP contribution in [0.3, 0.4) is 0 Å². The Morgan fingerprint density at radius 2 is 1.72 bits per heavy atom. The summed E-state index contributed by atoms with van der Waals surface area (Å²) < 4.78 is 18.1. The minimum Gasteiger partial charge on any atom is -0.495 e. The lowest BCUT2D eigenvalue weighted by molar-refractivity contribution is -0.141. The molecule has 2 amide bonds. The van der Waals surface area contributed by atoms with Crippen molar-refractivity contribution in [3.05, 3.63) is 70.4 Å². The summed E-state index contributed by atoms with van der Waals surface area (Å²) >= 11 is 6.20. The second kappa shape index (κ2) is 10.5. The van der Waals surface area contributed by atoms with Gasteiger partial charge in [0.05, 0.1) is 24.6 Å². The number of carbonyl (C=O) groups is 3. The van der Waals surface area contributed by atoms with E-state index in [1.165, 1.54) is 6.26 Å². The first-order chi connectivity index (χ1) is 17.2. The van der Waals surface area contributed by atoms with Gasteiger partial charge in [-0.2, -0.15) is 0 Å². The molecule has 1 aliphatic heterocycles. The smallest absolute Gasteiger partial charge is 0.340 e. The number of methoxy groups -OCH3 is 1. The van der Waals surface area contributed by atoms with Gasteiger partial charge < -0.3 is 28.3 Å². The van der Waals surface area contributed by atoms with E-state index in [0.29, 0.717) is 53.9 Å². The molecule has 190 valence electrons. The molecule has 1 aromatic carbocycles. The number of ether oxygens (including phenoxy) is 2. The number of amides is 2. The molecule has 0 saturated carbocycles. The molecule has 36 heavy (non-hydrogen) atoms. The van der Waals surface area contributed by atoms with Gasteiger partial charge in [0.2, 0.25) is 0 Å². The fraction of sp³-hybridized carbons (Fsp3) is 0.346. The molecule has 1 fully saturated rings. The normalized spacial score (nSPS) is 14.5. The van der Waals surface area contributed by atoms with E-state index in [1.54, 1.807) is 67.2 Å². The van der Waals surface area contributed by atoms with Crippen LogP contribution < -0.4 is 4.74 Å². The number of esters is 1. The van der Waals surface area contributed by atoms with E-state index in [1.807, 2.05) is 11.5 Å². The lowest BCUT2D eigenvalue weighted by atomic mass is 10.2. The predicted molar refractivity (Wildman–Crippen MR) is 133 cm³/mol. The zero-order chi connectivity index (χ0) is 26.0. The Bertz CT molecular complexity index is 1280. The summed E-state index contributed by atoms with van der Waals surface area (Å²) in [6.07, 6.45) is 0.472. The largest absolute Gasteiger partial charge is 0.495 e. The van der Waals surface area contributed by atoms with Gasteiger partial charge in [0.1, 0.15) is 5.75 Å². The van der Waals surface area contributed by atoms with Crippen molar-refractivity contribution in [2.45, 2.75) is 26.9 Å². The summed E-state index contributed by atoms with van der Waals surface area (Å²) in [4.78, 5) is 41.7. The van der Waals surface area contributed by atoms with Crippen molar-refractivity contribution in [1.82, 2.24) is 14.4 Å². The van der Waals surface area contributed by atoms with Crippen LogP contribution in [0.5, 0.6) is 5.75 Å². The second-order valence-corrected chi connectivity index (χ2v) is 9.02. The highest BCUT2D eigenvalue weighted by atomic mass is 35.5. The first-order valence-electron chi connectivity index (χ1n) is 11.6. The summed E-state index contributed by atoms with van der Waals surface area (Å²) in [5.74, 6) is -0.237. The first-order valence-corrected chi connectivity index (χ1v) is 11.9. The third kappa shape index (κ3) is 4.97. The minimum absolute atomic E-state index is 0.210. The molecule has 0 bridgehead atoms. The van der Waals surface area contributed by atoms with E-state index in [4.69, 9.17) is 25.5 Å². The number of aryl methyl sites for hydroxylation is 1. The third-order valence-electron chi connectivity index (χ3n) is 6.27. The van der Waals surface area contributed by atoms with Gasteiger partial charge in [-0.25, -0.2) is 4.79 Å². The van der Waals surface area contributed by atoms with Crippen LogP contribution in [0.2, 0.25) is 5.02 Å². The van der Waals surface area contributed by atoms with Gasteiger partial charge in [-0.1, -0.05) is 11.6 Å². The van der Waals surface area contributed by atoms with E-state index in [9.17, 15) is 14.4 Å². The van der Waals surface area contributed by atoms with Gasteiger partial charge in [0.25, 0.3) is 11.8 Å². The number of hydrogen-bond acceptors (Lipinski definition) is 6. The Labute approximate surface area is 214 Å². The summed E-state index contributed by atoms with van der Waals surface area (Å²) in [5.41, 5.74) is 2.48. The van der Waals surface area contributed by atoms with Gasteiger partial charge in [0.15, 0.2) is 11.9 Å². The molecule has 1 aliphatic rings. The maximum atomic E-state index is 13.0. The molecule has 0 radical (unpaired) electrons. The molecule has 1 atom stereocenters. The third-order valence-corrected chi connectivity index (χ3v) is 6.51. The second-order valence-electron chi connectivity index (χ2n) is 8.58. The van der Waals surface area contributed by atoms with Crippen LogP contribution in [0.1, 0.15) is 39.2 Å². The van der Waals surface area contributed by atoms with Gasteiger partial charge in [-0.05, 0) is 57.2 Å². The van der Waals surface area contributed by atoms with Crippen LogP contribution in [0.15, 0.2) is 47.1 Å². The van der Waals surface area contributed by atoms with Crippen molar-refractivity contribution in [2.75, 3.05) is 33.3 Å². The van der Waals surface area contributed by atoms with Gasteiger partial charge >= 0.3 is 5.97 Å². The Kier molecular flexibility index (Phi) is 7.40. The Balaban J connectivity index is 1.42. The minimum atomic E-state index is -0.978. The molecule has 0 spiro atoms. The number of carbonyl (C=O) groups excluding carboxylic acids is 3. The lowest BCUT2D eigenvalue weighted by Gasteiger charge is -2.35. The molecular formula is C26H28ClN3O6. The highest BCUT2D eigenvalue weighted by Gasteiger charge is 2.31. The number of hydrogen-bond donors (Lipinski definition) is 0. The maximum absolute atomic E-state index is 13.0. The number of piperazine rings is 1. The van der Waals surface area contributed by atoms with E-state index < -0.39 is 12.1 Å². The number of furan rings is 1. The van der Waals surface area contributed by atoms with Crippen molar-refractivity contribution in [1.29, 1.82) is 0 Å². The number of halogens is 1. The van der Waals surface area contributed by atoms with Gasteiger partial charge in [-0.15, -0.1) is 0 Å². The number of nitrogens with zero attached hydrogens (tertiary/aromatic N) is 3. The molecule has 3 heterocycles. The summed E-state index contributed by atoms with van der Waals surface area (Å²) in [6, 6.07) is 10.2. The van der Waals surface area contributed by atoms with Gasteiger partial charge in [-0.3, -0.25) is 9.59 Å². The predicted octanol–water partition coefficient (Wildman–Crippen LogP) is 3.88. The highest BCUT2D eigenvalue weighted by molar-refractivity contribution is 6.30.